The average Bonchev–Trinajstić information content (AvgIpc) is 2.50. The Hall–Kier alpha value is -1.91. The van der Waals surface area contributed by atoms with E-state index in [4.69, 9.17) is 0 Å². The molecule has 0 aliphatic carbocycles. The number of nitrogens with zero attached hydrogens (tertiary/aromatic N) is 1. The number of carbonyl (C=O) groups is 1. The van der Waals surface area contributed by atoms with Gasteiger partial charge in [-0.2, -0.15) is 8.78 Å². The monoisotopic (exact) mass is 440 g/mol. The second-order valence-electron chi connectivity index (χ2n) is 4.38. The molecular weight excluding hydrogens is 431 g/mol. The molecule has 9 heteroatoms. The summed E-state index contributed by atoms with van der Waals surface area (Å²) in [5, 5.41) is 2.09. The van der Waals surface area contributed by atoms with Crippen molar-refractivity contribution in [1.82, 2.24) is 4.98 Å². The van der Waals surface area contributed by atoms with Gasteiger partial charge in [0.05, 0.1) is 12.8 Å². The Balaban J connectivity index is 2.45. The fourth-order valence-corrected chi connectivity index (χ4v) is 2.08. The molecule has 0 unspecified atom stereocenters. The highest BCUT2D eigenvalue weighted by atomic mass is 127. The van der Waals surface area contributed by atoms with E-state index < -0.39 is 40.5 Å². The first-order valence-corrected chi connectivity index (χ1v) is 7.20. The lowest BCUT2D eigenvalue weighted by Crippen LogP contribution is -2.19. The molecule has 0 fully saturated rings. The van der Waals surface area contributed by atoms with E-state index in [9.17, 15) is 22.4 Å². The molecule has 2 rings (SSSR count). The second-order valence-corrected chi connectivity index (χ2v) is 5.54. The van der Waals surface area contributed by atoms with Crippen LogP contribution in [0.4, 0.5) is 23.4 Å². The molecule has 1 amide bonds. The number of benzene rings is 1. The molecule has 0 saturated carbocycles. The minimum Gasteiger partial charge on any atom is -0.491 e. The van der Waals surface area contributed by atoms with Gasteiger partial charge in [0.25, 0.3) is 5.91 Å². The Bertz CT molecular complexity index is 770. The van der Waals surface area contributed by atoms with Crippen molar-refractivity contribution in [2.24, 2.45) is 0 Å². The van der Waals surface area contributed by atoms with Crippen LogP contribution >= 0.6 is 22.6 Å². The van der Waals surface area contributed by atoms with Crippen LogP contribution in [0, 0.1) is 33.8 Å². The summed E-state index contributed by atoms with van der Waals surface area (Å²) in [5.74, 6) is -9.88. The molecule has 4 nitrogen and oxygen atoms in total. The van der Waals surface area contributed by atoms with Crippen LogP contribution in [0.15, 0.2) is 12.1 Å². The van der Waals surface area contributed by atoms with Crippen LogP contribution in [0.2, 0.25) is 0 Å². The lowest BCUT2D eigenvalue weighted by molar-refractivity contribution is 0.101. The first-order chi connectivity index (χ1) is 10.8. The lowest BCUT2D eigenvalue weighted by atomic mass is 10.1. The number of ether oxygens (including phenoxy) is 1. The van der Waals surface area contributed by atoms with E-state index in [-0.39, 0.29) is 5.82 Å². The molecule has 1 heterocycles. The van der Waals surface area contributed by atoms with Gasteiger partial charge >= 0.3 is 0 Å². The number of amides is 1. The van der Waals surface area contributed by atoms with Gasteiger partial charge in [-0.15, -0.1) is 0 Å². The van der Waals surface area contributed by atoms with Gasteiger partial charge in [-0.25, -0.2) is 13.8 Å². The Morgan fingerprint density at radius 2 is 1.70 bits per heavy atom. The molecule has 0 saturated heterocycles. The first kappa shape index (κ1) is 17.4. The van der Waals surface area contributed by atoms with Crippen LogP contribution in [0.5, 0.6) is 5.75 Å². The quantitative estimate of drug-likeness (QED) is 0.449. The zero-order valence-electron chi connectivity index (χ0n) is 11.8. The van der Waals surface area contributed by atoms with Crippen LogP contribution in [0.3, 0.4) is 0 Å². The molecule has 0 spiro atoms. The van der Waals surface area contributed by atoms with E-state index in [0.29, 0.717) is 5.69 Å². The molecule has 0 bridgehead atoms. The van der Waals surface area contributed by atoms with E-state index in [1.54, 1.807) is 13.0 Å². The van der Waals surface area contributed by atoms with E-state index in [0.717, 1.165) is 10.7 Å². The Morgan fingerprint density at radius 1 is 1.13 bits per heavy atom. The highest BCUT2D eigenvalue weighted by Crippen LogP contribution is 2.30. The van der Waals surface area contributed by atoms with E-state index in [1.165, 1.54) is 6.07 Å². The van der Waals surface area contributed by atoms with Crippen molar-refractivity contribution in [3.63, 3.8) is 0 Å². The number of nitrogens with one attached hydrogen (secondary N) is 1. The number of anilines is 1. The lowest BCUT2D eigenvalue weighted by Gasteiger charge is -2.11. The molecule has 0 aliphatic rings. The number of hydrogen-bond donors (Lipinski definition) is 1. The third-order valence-electron chi connectivity index (χ3n) is 2.92. The van der Waals surface area contributed by atoms with Crippen molar-refractivity contribution in [3.8, 4) is 5.75 Å². The molecule has 122 valence electrons. The number of halogens is 5. The maximum absolute atomic E-state index is 13.8. The molecule has 0 atom stereocenters. The first-order valence-electron chi connectivity index (χ1n) is 6.12. The molecule has 0 radical (unpaired) electrons. The fraction of sp³-hybridized carbons (Fsp3) is 0.143. The molecule has 1 N–H and O–H groups in total. The van der Waals surface area contributed by atoms with Gasteiger partial charge in [0.15, 0.2) is 17.4 Å². The summed E-state index contributed by atoms with van der Waals surface area (Å²) in [6.07, 6.45) is 0. The molecule has 1 aromatic carbocycles. The largest absolute Gasteiger partial charge is 0.491 e. The predicted molar refractivity (Wildman–Crippen MR) is 82.5 cm³/mol. The van der Waals surface area contributed by atoms with Crippen molar-refractivity contribution in [1.29, 1.82) is 0 Å². The zero-order valence-corrected chi connectivity index (χ0v) is 14.0. The van der Waals surface area contributed by atoms with Crippen LogP contribution in [-0.2, 0) is 0 Å². The zero-order chi connectivity index (χ0) is 17.3. The minimum absolute atomic E-state index is 0.0108. The van der Waals surface area contributed by atoms with Crippen molar-refractivity contribution >= 4 is 34.3 Å². The van der Waals surface area contributed by atoms with E-state index >= 15 is 0 Å². The van der Waals surface area contributed by atoms with Crippen molar-refractivity contribution in [3.05, 3.63) is 50.2 Å². The molecular formula is C14H9F4IN2O2. The summed E-state index contributed by atoms with van der Waals surface area (Å²) in [7, 11) is 0.846. The number of carbonyl (C=O) groups excluding carboxylic acids is 1. The second kappa shape index (κ2) is 6.69. The third-order valence-corrected chi connectivity index (χ3v) is 4.06. The predicted octanol–water partition coefficient (Wildman–Crippen LogP) is 3.81. The summed E-state index contributed by atoms with van der Waals surface area (Å²) >= 11 is 2.01. The van der Waals surface area contributed by atoms with Gasteiger partial charge in [0, 0.05) is 3.57 Å². The standard InChI is InChI=1S/C14H9F4IN2O2/c1-5-6(19)3-4-7(20-5)21-14(22)8-9(15)11(17)13(23-2)12(18)10(8)16/h3-4H,1-2H3,(H,20,21,22). The number of pyridine rings is 1. The Morgan fingerprint density at radius 3 is 2.17 bits per heavy atom. The van der Waals surface area contributed by atoms with Gasteiger partial charge in [0.1, 0.15) is 11.4 Å². The van der Waals surface area contributed by atoms with Crippen LogP contribution in [0.1, 0.15) is 16.1 Å². The normalized spacial score (nSPS) is 10.6. The molecule has 2 aromatic rings. The van der Waals surface area contributed by atoms with Gasteiger partial charge in [0.2, 0.25) is 11.6 Å². The Labute approximate surface area is 142 Å². The van der Waals surface area contributed by atoms with Gasteiger partial charge in [-0.1, -0.05) is 0 Å². The number of aromatic nitrogens is 1. The van der Waals surface area contributed by atoms with Crippen LogP contribution in [0.25, 0.3) is 0 Å². The Kier molecular flexibility index (Phi) is 5.07. The summed E-state index contributed by atoms with van der Waals surface area (Å²) in [6, 6.07) is 3.00. The molecule has 23 heavy (non-hydrogen) atoms. The van der Waals surface area contributed by atoms with Crippen LogP contribution < -0.4 is 10.1 Å². The van der Waals surface area contributed by atoms with Gasteiger partial charge in [-0.3, -0.25) is 4.79 Å². The van der Waals surface area contributed by atoms with Crippen LogP contribution in [-0.4, -0.2) is 18.0 Å². The SMILES string of the molecule is COc1c(F)c(F)c(C(=O)Nc2ccc(I)c(C)n2)c(F)c1F. The van der Waals surface area contributed by atoms with E-state index in [2.05, 4.69) is 15.0 Å². The summed E-state index contributed by atoms with van der Waals surface area (Å²) in [6.45, 7) is 1.66. The smallest absolute Gasteiger partial charge is 0.263 e. The highest BCUT2D eigenvalue weighted by Gasteiger charge is 2.30. The third kappa shape index (κ3) is 3.23. The number of methoxy groups -OCH3 is 1. The summed E-state index contributed by atoms with van der Waals surface area (Å²) in [5.41, 5.74) is -0.824. The maximum atomic E-state index is 13.8. The number of rotatable bonds is 3. The van der Waals surface area contributed by atoms with Gasteiger partial charge in [-0.05, 0) is 41.6 Å². The van der Waals surface area contributed by atoms with Gasteiger partial charge < -0.3 is 10.1 Å². The minimum atomic E-state index is -1.85. The van der Waals surface area contributed by atoms with Crippen molar-refractivity contribution in [2.45, 2.75) is 6.92 Å². The summed E-state index contributed by atoms with van der Waals surface area (Å²) < 4.78 is 60.0. The topological polar surface area (TPSA) is 51.2 Å². The maximum Gasteiger partial charge on any atom is 0.263 e. The highest BCUT2D eigenvalue weighted by molar-refractivity contribution is 14.1. The van der Waals surface area contributed by atoms with Crippen molar-refractivity contribution in [2.75, 3.05) is 12.4 Å². The summed E-state index contributed by atoms with van der Waals surface area (Å²) in [4.78, 5) is 15.9. The van der Waals surface area contributed by atoms with E-state index in [1.807, 2.05) is 22.6 Å². The number of aryl methyl sites for hydroxylation is 1. The van der Waals surface area contributed by atoms with Crippen molar-refractivity contribution < 1.29 is 27.1 Å². The molecule has 0 aliphatic heterocycles. The number of hydrogen-bond acceptors (Lipinski definition) is 3. The fourth-order valence-electron chi connectivity index (χ4n) is 1.78. The average molecular weight is 440 g/mol. The molecule has 1 aromatic heterocycles.